The third-order valence-electron chi connectivity index (χ3n) is 5.62. The van der Waals surface area contributed by atoms with Crippen LogP contribution in [-0.2, 0) is 0 Å². The Morgan fingerprint density at radius 2 is 1.90 bits per heavy atom. The highest BCUT2D eigenvalue weighted by Crippen LogP contribution is 2.48. The van der Waals surface area contributed by atoms with Gasteiger partial charge in [-0.15, -0.1) is 0 Å². The lowest BCUT2D eigenvalue weighted by Crippen LogP contribution is -2.30. The fraction of sp³-hybridized carbons (Fsp3) is 0.304. The lowest BCUT2D eigenvalue weighted by atomic mass is 10.0. The second-order valence-electron chi connectivity index (χ2n) is 7.57. The Bertz CT molecular complexity index is 1040. The average Bonchev–Trinajstić information content (AvgIpc) is 3.40. The van der Waals surface area contributed by atoms with E-state index in [-0.39, 0.29) is 12.1 Å². The molecule has 5 nitrogen and oxygen atoms in total. The molecule has 1 saturated heterocycles. The summed E-state index contributed by atoms with van der Waals surface area (Å²) in [5.74, 6) is 0.864. The first kappa shape index (κ1) is 18.3. The topological polar surface area (TPSA) is 42.6 Å². The maximum Gasteiger partial charge on any atom is 0.160 e. The lowest BCUT2D eigenvalue weighted by Gasteiger charge is -2.28. The highest BCUT2D eigenvalue weighted by Gasteiger charge is 2.44. The molecule has 0 radical (unpaired) electrons. The molecule has 3 atom stereocenters. The normalized spacial score (nSPS) is 23.2. The van der Waals surface area contributed by atoms with Gasteiger partial charge in [-0.3, -0.25) is 9.98 Å². The number of ether oxygens (including phenoxy) is 1. The van der Waals surface area contributed by atoms with E-state index in [4.69, 9.17) is 9.73 Å². The Balaban J connectivity index is 1.62. The predicted octanol–water partition coefficient (Wildman–Crippen LogP) is 4.78. The third kappa shape index (κ3) is 3.12. The molecular weight excluding hydrogens is 380 g/mol. The standard InChI is InChI=1S/C23H24N4OS/c1-15-7-12-20(27(15)17-8-10-18(28-3)11-9-17)22-21(19-6-4-5-13-24-19)25-23-26(22)14-16(2)29-23/h4-13,16,21-22H,14H2,1-3H3/t16-,21-,22-/m0/s1. The van der Waals surface area contributed by atoms with Crippen LogP contribution in [0.15, 0.2) is 65.8 Å². The molecule has 0 amide bonds. The molecule has 0 N–H and O–H groups in total. The molecule has 1 aromatic carbocycles. The van der Waals surface area contributed by atoms with Gasteiger partial charge in [0, 0.05) is 35.1 Å². The molecular formula is C23H24N4OS. The Morgan fingerprint density at radius 3 is 2.62 bits per heavy atom. The number of aliphatic imine (C=N–C) groups is 1. The van der Waals surface area contributed by atoms with Gasteiger partial charge in [-0.1, -0.05) is 24.8 Å². The van der Waals surface area contributed by atoms with E-state index in [0.29, 0.717) is 5.25 Å². The minimum Gasteiger partial charge on any atom is -0.497 e. The molecule has 0 bridgehead atoms. The van der Waals surface area contributed by atoms with Crippen molar-refractivity contribution in [1.29, 1.82) is 0 Å². The minimum atomic E-state index is -0.00232. The minimum absolute atomic E-state index is 0.00232. The summed E-state index contributed by atoms with van der Waals surface area (Å²) in [5, 5.41) is 1.68. The molecule has 148 valence electrons. The number of methoxy groups -OCH3 is 1. The highest BCUT2D eigenvalue weighted by molar-refractivity contribution is 8.14. The van der Waals surface area contributed by atoms with Gasteiger partial charge >= 0.3 is 0 Å². The SMILES string of the molecule is COc1ccc(-n2c(C)ccc2[C@H]2[C@H](c3ccccn3)N=C3S[C@@H](C)CN32)cc1. The first-order valence-electron chi connectivity index (χ1n) is 9.90. The Kier molecular flexibility index (Phi) is 4.59. The van der Waals surface area contributed by atoms with Gasteiger partial charge < -0.3 is 14.2 Å². The fourth-order valence-electron chi connectivity index (χ4n) is 4.31. The van der Waals surface area contributed by atoms with Crippen LogP contribution in [0.2, 0.25) is 0 Å². The Morgan fingerprint density at radius 1 is 1.07 bits per heavy atom. The van der Waals surface area contributed by atoms with Crippen LogP contribution in [0.1, 0.15) is 36.1 Å². The zero-order chi connectivity index (χ0) is 20.0. The van der Waals surface area contributed by atoms with Gasteiger partial charge in [-0.05, 0) is 55.5 Å². The summed E-state index contributed by atoms with van der Waals surface area (Å²) in [5.41, 5.74) is 4.61. The van der Waals surface area contributed by atoms with Gasteiger partial charge in [0.1, 0.15) is 11.8 Å². The van der Waals surface area contributed by atoms with Gasteiger partial charge in [-0.25, -0.2) is 0 Å². The second-order valence-corrected chi connectivity index (χ2v) is 8.98. The summed E-state index contributed by atoms with van der Waals surface area (Å²) in [6, 6.07) is 18.9. The first-order chi connectivity index (χ1) is 14.2. The number of fused-ring (bicyclic) bond motifs is 1. The van der Waals surface area contributed by atoms with Crippen molar-refractivity contribution in [2.75, 3.05) is 13.7 Å². The summed E-state index contributed by atoms with van der Waals surface area (Å²) in [4.78, 5) is 12.2. The largest absolute Gasteiger partial charge is 0.497 e. The van der Waals surface area contributed by atoms with E-state index in [1.54, 1.807) is 7.11 Å². The lowest BCUT2D eigenvalue weighted by molar-refractivity contribution is 0.312. The maximum absolute atomic E-state index is 5.34. The Labute approximate surface area is 175 Å². The summed E-state index contributed by atoms with van der Waals surface area (Å²) >= 11 is 1.87. The summed E-state index contributed by atoms with van der Waals surface area (Å²) in [7, 11) is 1.70. The van der Waals surface area contributed by atoms with Crippen molar-refractivity contribution in [2.24, 2.45) is 4.99 Å². The van der Waals surface area contributed by atoms with Crippen molar-refractivity contribution in [3.8, 4) is 11.4 Å². The van der Waals surface area contributed by atoms with Crippen LogP contribution in [0.4, 0.5) is 0 Å². The number of hydrogen-bond acceptors (Lipinski definition) is 5. The monoisotopic (exact) mass is 404 g/mol. The number of aromatic nitrogens is 2. The van der Waals surface area contributed by atoms with Crippen molar-refractivity contribution >= 4 is 16.9 Å². The number of thioether (sulfide) groups is 1. The van der Waals surface area contributed by atoms with Gasteiger partial charge in [0.05, 0.1) is 18.8 Å². The van der Waals surface area contributed by atoms with Crippen LogP contribution in [0.25, 0.3) is 5.69 Å². The number of amidine groups is 1. The van der Waals surface area contributed by atoms with E-state index in [1.165, 1.54) is 11.4 Å². The van der Waals surface area contributed by atoms with E-state index in [0.717, 1.165) is 28.8 Å². The average molecular weight is 405 g/mol. The van der Waals surface area contributed by atoms with Crippen LogP contribution < -0.4 is 4.74 Å². The van der Waals surface area contributed by atoms with E-state index >= 15 is 0 Å². The van der Waals surface area contributed by atoms with Crippen LogP contribution in [-0.4, -0.2) is 38.5 Å². The van der Waals surface area contributed by atoms with Gasteiger partial charge in [0.15, 0.2) is 5.17 Å². The van der Waals surface area contributed by atoms with Crippen molar-refractivity contribution in [2.45, 2.75) is 31.2 Å². The van der Waals surface area contributed by atoms with Gasteiger partial charge in [-0.2, -0.15) is 0 Å². The molecule has 0 saturated carbocycles. The maximum atomic E-state index is 5.34. The zero-order valence-electron chi connectivity index (χ0n) is 16.8. The molecule has 2 aliphatic heterocycles. The Hall–Kier alpha value is -2.73. The summed E-state index contributed by atoms with van der Waals surface area (Å²) in [6.07, 6.45) is 1.86. The molecule has 1 fully saturated rings. The number of benzene rings is 1. The molecule has 29 heavy (non-hydrogen) atoms. The van der Waals surface area contributed by atoms with Crippen LogP contribution >= 0.6 is 11.8 Å². The molecule has 4 heterocycles. The van der Waals surface area contributed by atoms with E-state index in [1.807, 2.05) is 42.2 Å². The zero-order valence-corrected chi connectivity index (χ0v) is 17.6. The van der Waals surface area contributed by atoms with Gasteiger partial charge in [0.25, 0.3) is 0 Å². The molecule has 5 rings (SSSR count). The van der Waals surface area contributed by atoms with E-state index in [2.05, 4.69) is 58.6 Å². The molecule has 0 unspecified atom stereocenters. The highest BCUT2D eigenvalue weighted by atomic mass is 32.2. The molecule has 0 spiro atoms. The number of aryl methyl sites for hydroxylation is 1. The smallest absolute Gasteiger partial charge is 0.160 e. The number of rotatable bonds is 4. The van der Waals surface area contributed by atoms with E-state index in [9.17, 15) is 0 Å². The number of pyridine rings is 1. The molecule has 3 aromatic rings. The molecule has 6 heteroatoms. The number of nitrogens with zero attached hydrogens (tertiary/aromatic N) is 4. The fourth-order valence-corrected chi connectivity index (χ4v) is 5.40. The van der Waals surface area contributed by atoms with Gasteiger partial charge in [0.2, 0.25) is 0 Å². The third-order valence-corrected chi connectivity index (χ3v) is 6.72. The van der Waals surface area contributed by atoms with Crippen molar-refractivity contribution in [1.82, 2.24) is 14.5 Å². The van der Waals surface area contributed by atoms with Crippen LogP contribution in [0, 0.1) is 6.92 Å². The molecule has 2 aromatic heterocycles. The van der Waals surface area contributed by atoms with Crippen LogP contribution in [0.5, 0.6) is 5.75 Å². The molecule has 2 aliphatic rings. The predicted molar refractivity (Wildman–Crippen MR) is 118 cm³/mol. The summed E-state index contributed by atoms with van der Waals surface area (Å²) in [6.45, 7) is 5.43. The summed E-state index contributed by atoms with van der Waals surface area (Å²) < 4.78 is 7.68. The molecule has 0 aliphatic carbocycles. The second kappa shape index (κ2) is 7.26. The van der Waals surface area contributed by atoms with Crippen molar-refractivity contribution in [3.63, 3.8) is 0 Å². The van der Waals surface area contributed by atoms with E-state index < -0.39 is 0 Å². The first-order valence-corrected chi connectivity index (χ1v) is 10.8. The van der Waals surface area contributed by atoms with Crippen LogP contribution in [0.3, 0.4) is 0 Å². The number of hydrogen-bond donors (Lipinski definition) is 0. The quantitative estimate of drug-likeness (QED) is 0.628. The van der Waals surface area contributed by atoms with Crippen molar-refractivity contribution < 1.29 is 4.74 Å². The van der Waals surface area contributed by atoms with Crippen molar-refractivity contribution in [3.05, 3.63) is 77.9 Å².